The Balaban J connectivity index is 1.79. The molecule has 4 heteroatoms. The zero-order valence-electron chi connectivity index (χ0n) is 15.9. The summed E-state index contributed by atoms with van der Waals surface area (Å²) in [6, 6.07) is 25.3. The molecule has 0 radical (unpaired) electrons. The zero-order chi connectivity index (χ0) is 19.6. The summed E-state index contributed by atoms with van der Waals surface area (Å²) in [6.07, 6.45) is 1.85. The Hall–Kier alpha value is -3.34. The first-order valence-corrected chi connectivity index (χ1v) is 10.5. The molecule has 3 heterocycles. The maximum absolute atomic E-state index is 5.10. The third-order valence-electron chi connectivity index (χ3n) is 5.14. The molecular weight excluding hydrogens is 374 g/mol. The standard InChI is InChI=1S/C25H19N3S/c26-15-17-6-8-19(9-7-17)25-21(18-4-2-1-3-5-18)14-22-23(28-25)10-12-27-24(22)20-11-13-29-16-20/h1-14,16H,15,26H2/p+1. The van der Waals surface area contributed by atoms with Crippen molar-refractivity contribution < 1.29 is 5.73 Å². The first kappa shape index (κ1) is 17.7. The molecule has 0 fully saturated rings. The molecule has 29 heavy (non-hydrogen) atoms. The summed E-state index contributed by atoms with van der Waals surface area (Å²) in [7, 11) is 0. The van der Waals surface area contributed by atoms with Crippen LogP contribution < -0.4 is 5.73 Å². The van der Waals surface area contributed by atoms with Crippen LogP contribution in [0.3, 0.4) is 0 Å². The van der Waals surface area contributed by atoms with Crippen LogP contribution in [-0.2, 0) is 6.54 Å². The van der Waals surface area contributed by atoms with Gasteiger partial charge in [-0.1, -0.05) is 54.6 Å². The molecule has 3 N–H and O–H groups in total. The van der Waals surface area contributed by atoms with E-state index < -0.39 is 0 Å². The van der Waals surface area contributed by atoms with Crippen LogP contribution in [0.15, 0.2) is 89.8 Å². The number of hydrogen-bond donors (Lipinski definition) is 1. The van der Waals surface area contributed by atoms with E-state index in [9.17, 15) is 0 Å². The third-order valence-corrected chi connectivity index (χ3v) is 5.82. The van der Waals surface area contributed by atoms with Crippen molar-refractivity contribution in [3.63, 3.8) is 0 Å². The van der Waals surface area contributed by atoms with Gasteiger partial charge in [-0.2, -0.15) is 11.3 Å². The van der Waals surface area contributed by atoms with Crippen LogP contribution in [0.5, 0.6) is 0 Å². The van der Waals surface area contributed by atoms with E-state index in [4.69, 9.17) is 4.98 Å². The molecule has 140 valence electrons. The van der Waals surface area contributed by atoms with Gasteiger partial charge in [0.25, 0.3) is 0 Å². The molecule has 5 rings (SSSR count). The monoisotopic (exact) mass is 394 g/mol. The Morgan fingerprint density at radius 2 is 1.62 bits per heavy atom. The zero-order valence-corrected chi connectivity index (χ0v) is 16.7. The molecule has 0 aliphatic heterocycles. The molecule has 2 aromatic carbocycles. The minimum Gasteiger partial charge on any atom is -0.354 e. The van der Waals surface area contributed by atoms with Crippen LogP contribution >= 0.6 is 11.3 Å². The molecule has 0 saturated carbocycles. The highest BCUT2D eigenvalue weighted by atomic mass is 32.1. The predicted octanol–water partition coefficient (Wildman–Crippen LogP) is 5.43. The second-order valence-electron chi connectivity index (χ2n) is 6.94. The Morgan fingerprint density at radius 3 is 2.34 bits per heavy atom. The van der Waals surface area contributed by atoms with Gasteiger partial charge in [0.1, 0.15) is 0 Å². The molecule has 0 aliphatic rings. The fourth-order valence-electron chi connectivity index (χ4n) is 3.61. The molecule has 0 aliphatic carbocycles. The first-order valence-electron chi connectivity index (χ1n) is 9.60. The summed E-state index contributed by atoms with van der Waals surface area (Å²) in [5.74, 6) is 0. The van der Waals surface area contributed by atoms with Gasteiger partial charge >= 0.3 is 0 Å². The highest BCUT2D eigenvalue weighted by molar-refractivity contribution is 7.08. The summed E-state index contributed by atoms with van der Waals surface area (Å²) in [5, 5.41) is 5.29. The van der Waals surface area contributed by atoms with Crippen molar-refractivity contribution in [3.8, 4) is 33.6 Å². The number of rotatable bonds is 4. The van der Waals surface area contributed by atoms with Crippen LogP contribution in [0.25, 0.3) is 44.5 Å². The lowest BCUT2D eigenvalue weighted by Crippen LogP contribution is -2.47. The lowest BCUT2D eigenvalue weighted by atomic mass is 9.96. The quantitative estimate of drug-likeness (QED) is 0.442. The minimum atomic E-state index is 0.784. The van der Waals surface area contributed by atoms with Gasteiger partial charge in [0.15, 0.2) is 0 Å². The second kappa shape index (κ2) is 7.59. The summed E-state index contributed by atoms with van der Waals surface area (Å²) < 4.78 is 0. The van der Waals surface area contributed by atoms with Crippen LogP contribution in [-0.4, -0.2) is 9.97 Å². The van der Waals surface area contributed by atoms with E-state index in [0.717, 1.165) is 51.1 Å². The summed E-state index contributed by atoms with van der Waals surface area (Å²) >= 11 is 1.68. The van der Waals surface area contributed by atoms with Gasteiger partial charge in [0.05, 0.1) is 23.4 Å². The van der Waals surface area contributed by atoms with Crippen molar-refractivity contribution >= 4 is 22.2 Å². The summed E-state index contributed by atoms with van der Waals surface area (Å²) in [4.78, 5) is 9.76. The number of nitrogens with zero attached hydrogens (tertiary/aromatic N) is 2. The largest absolute Gasteiger partial charge is 0.354 e. The number of thiophene rings is 1. The molecule has 0 spiro atoms. The lowest BCUT2D eigenvalue weighted by Gasteiger charge is -2.13. The third kappa shape index (κ3) is 3.33. The summed E-state index contributed by atoms with van der Waals surface area (Å²) in [6.45, 7) is 0.784. The van der Waals surface area contributed by atoms with E-state index in [1.165, 1.54) is 5.56 Å². The number of benzene rings is 2. The molecule has 0 atom stereocenters. The Kier molecular flexibility index (Phi) is 4.64. The Bertz CT molecular complexity index is 1260. The average Bonchev–Trinajstić information content (AvgIpc) is 3.33. The molecular formula is C25H20N3S+. The summed E-state index contributed by atoms with van der Waals surface area (Å²) in [5.41, 5.74) is 12.6. The van der Waals surface area contributed by atoms with E-state index in [-0.39, 0.29) is 0 Å². The van der Waals surface area contributed by atoms with E-state index in [0.29, 0.717) is 0 Å². The van der Waals surface area contributed by atoms with Crippen LogP contribution in [0.4, 0.5) is 0 Å². The molecule has 0 saturated heterocycles. The maximum atomic E-state index is 5.10. The fraction of sp³-hybridized carbons (Fsp3) is 0.0400. The highest BCUT2D eigenvalue weighted by Gasteiger charge is 2.15. The van der Waals surface area contributed by atoms with Crippen molar-refractivity contribution in [1.82, 2.24) is 9.97 Å². The van der Waals surface area contributed by atoms with Gasteiger partial charge in [0, 0.05) is 39.2 Å². The second-order valence-corrected chi connectivity index (χ2v) is 7.72. The molecule has 0 unspecified atom stereocenters. The number of fused-ring (bicyclic) bond motifs is 1. The van der Waals surface area contributed by atoms with Gasteiger partial charge in [-0.25, -0.2) is 4.98 Å². The van der Waals surface area contributed by atoms with Gasteiger partial charge in [-0.3, -0.25) is 4.98 Å². The van der Waals surface area contributed by atoms with Crippen molar-refractivity contribution in [2.75, 3.05) is 0 Å². The predicted molar refractivity (Wildman–Crippen MR) is 120 cm³/mol. The Labute approximate surface area is 173 Å². The van der Waals surface area contributed by atoms with E-state index in [2.05, 4.69) is 82.1 Å². The van der Waals surface area contributed by atoms with Crippen LogP contribution in [0.2, 0.25) is 0 Å². The molecule has 3 aromatic heterocycles. The fourth-order valence-corrected chi connectivity index (χ4v) is 4.25. The van der Waals surface area contributed by atoms with Crippen molar-refractivity contribution in [3.05, 3.63) is 95.3 Å². The molecule has 0 bridgehead atoms. The van der Waals surface area contributed by atoms with E-state index >= 15 is 0 Å². The van der Waals surface area contributed by atoms with Crippen molar-refractivity contribution in [1.29, 1.82) is 0 Å². The highest BCUT2D eigenvalue weighted by Crippen LogP contribution is 2.36. The molecule has 5 aromatic rings. The molecule has 0 amide bonds. The first-order chi connectivity index (χ1) is 14.3. The smallest absolute Gasteiger partial charge is 0.0997 e. The topological polar surface area (TPSA) is 53.4 Å². The molecule has 3 nitrogen and oxygen atoms in total. The average molecular weight is 395 g/mol. The minimum absolute atomic E-state index is 0.784. The Morgan fingerprint density at radius 1 is 0.793 bits per heavy atom. The number of pyridine rings is 2. The van der Waals surface area contributed by atoms with E-state index in [1.807, 2.05) is 18.3 Å². The van der Waals surface area contributed by atoms with Gasteiger partial charge in [-0.15, -0.1) is 0 Å². The van der Waals surface area contributed by atoms with Crippen molar-refractivity contribution in [2.45, 2.75) is 6.54 Å². The lowest BCUT2D eigenvalue weighted by molar-refractivity contribution is -0.386. The SMILES string of the molecule is [NH3+]Cc1ccc(-c2nc3ccnc(-c4ccsc4)c3cc2-c2ccccc2)cc1. The van der Waals surface area contributed by atoms with Crippen LogP contribution in [0, 0.1) is 0 Å². The number of quaternary nitrogens is 1. The van der Waals surface area contributed by atoms with Crippen LogP contribution in [0.1, 0.15) is 5.56 Å². The van der Waals surface area contributed by atoms with E-state index in [1.54, 1.807) is 11.3 Å². The number of aromatic nitrogens is 2. The van der Waals surface area contributed by atoms with Gasteiger partial charge in [0.2, 0.25) is 0 Å². The van der Waals surface area contributed by atoms with Crippen molar-refractivity contribution in [2.24, 2.45) is 0 Å². The normalized spacial score (nSPS) is 11.1. The van der Waals surface area contributed by atoms with Gasteiger partial charge < -0.3 is 5.73 Å². The number of hydrogen-bond acceptors (Lipinski definition) is 3. The maximum Gasteiger partial charge on any atom is 0.0997 e. The van der Waals surface area contributed by atoms with Gasteiger partial charge in [-0.05, 0) is 29.1 Å².